The third kappa shape index (κ3) is 4.16. The van der Waals surface area contributed by atoms with Crippen molar-refractivity contribution >= 4 is 5.91 Å². The second kappa shape index (κ2) is 6.83. The Hall–Kier alpha value is -2.42. The van der Waals surface area contributed by atoms with E-state index in [2.05, 4.69) is 10.1 Å². The molecule has 0 aliphatic heterocycles. The summed E-state index contributed by atoms with van der Waals surface area (Å²) in [7, 11) is 1.41. The number of hydrogen-bond donors (Lipinski definition) is 1. The Labute approximate surface area is 142 Å². The van der Waals surface area contributed by atoms with Gasteiger partial charge in [-0.1, -0.05) is 12.1 Å². The van der Waals surface area contributed by atoms with Crippen molar-refractivity contribution in [2.75, 3.05) is 7.05 Å². The van der Waals surface area contributed by atoms with Crippen LogP contribution in [-0.2, 0) is 4.79 Å². The summed E-state index contributed by atoms with van der Waals surface area (Å²) in [6, 6.07) is 6.59. The van der Waals surface area contributed by atoms with Crippen molar-refractivity contribution in [3.63, 3.8) is 0 Å². The van der Waals surface area contributed by atoms with Gasteiger partial charge in [0, 0.05) is 7.05 Å². The Morgan fingerprint density at radius 3 is 2.40 bits per heavy atom. The molecule has 0 saturated heterocycles. The summed E-state index contributed by atoms with van der Waals surface area (Å²) >= 11 is 0. The van der Waals surface area contributed by atoms with E-state index >= 15 is 0 Å². The fraction of sp³-hybridized carbons (Fsp3) is 0.438. The fourth-order valence-corrected chi connectivity index (χ4v) is 2.21. The molecule has 136 valence electrons. The van der Waals surface area contributed by atoms with Crippen molar-refractivity contribution in [1.29, 1.82) is 0 Å². The first-order chi connectivity index (χ1) is 11.5. The van der Waals surface area contributed by atoms with Crippen LogP contribution >= 0.6 is 0 Å². The monoisotopic (exact) mass is 356 g/mol. The van der Waals surface area contributed by atoms with E-state index in [-0.39, 0.29) is 0 Å². The van der Waals surface area contributed by atoms with Gasteiger partial charge >= 0.3 is 6.18 Å². The van der Waals surface area contributed by atoms with Gasteiger partial charge in [-0.05, 0) is 31.5 Å². The molecule has 1 heterocycles. The van der Waals surface area contributed by atoms with Gasteiger partial charge in [-0.25, -0.2) is 9.67 Å². The van der Waals surface area contributed by atoms with Crippen LogP contribution in [0.3, 0.4) is 0 Å². The summed E-state index contributed by atoms with van der Waals surface area (Å²) in [6.45, 7) is 2.29. The van der Waals surface area contributed by atoms with Gasteiger partial charge in [0.05, 0.1) is 18.2 Å². The second-order valence-electron chi connectivity index (χ2n) is 6.06. The maximum absolute atomic E-state index is 12.7. The van der Waals surface area contributed by atoms with Gasteiger partial charge in [-0.3, -0.25) is 4.79 Å². The Morgan fingerprint density at radius 1 is 1.32 bits per heavy atom. The van der Waals surface area contributed by atoms with E-state index in [0.29, 0.717) is 6.92 Å². The SMILES string of the molecule is C[C@@H](c1ccc(-n2cncn2)cc1)N(C)C(=O)C[C@](C)(O)C(F)(F)F. The van der Waals surface area contributed by atoms with E-state index in [1.807, 2.05) is 0 Å². The van der Waals surface area contributed by atoms with Crippen LogP contribution in [0.4, 0.5) is 13.2 Å². The highest BCUT2D eigenvalue weighted by atomic mass is 19.4. The molecule has 0 unspecified atom stereocenters. The molecule has 1 aromatic carbocycles. The molecular formula is C16H19F3N4O2. The number of aliphatic hydroxyl groups is 1. The Balaban J connectivity index is 2.09. The lowest BCUT2D eigenvalue weighted by atomic mass is 9.99. The van der Waals surface area contributed by atoms with Crippen LogP contribution in [0, 0.1) is 0 Å². The maximum Gasteiger partial charge on any atom is 0.417 e. The third-order valence-electron chi connectivity index (χ3n) is 4.14. The molecule has 9 heteroatoms. The van der Waals surface area contributed by atoms with Gasteiger partial charge in [0.1, 0.15) is 12.7 Å². The maximum atomic E-state index is 12.7. The number of aromatic nitrogens is 3. The Morgan fingerprint density at radius 2 is 1.92 bits per heavy atom. The van der Waals surface area contributed by atoms with Crippen LogP contribution in [0.5, 0.6) is 0 Å². The molecule has 2 aromatic rings. The molecule has 0 aliphatic carbocycles. The van der Waals surface area contributed by atoms with Gasteiger partial charge in [-0.2, -0.15) is 18.3 Å². The molecule has 0 saturated carbocycles. The van der Waals surface area contributed by atoms with E-state index in [1.165, 1.54) is 24.6 Å². The molecule has 6 nitrogen and oxygen atoms in total. The van der Waals surface area contributed by atoms with Crippen LogP contribution in [0.25, 0.3) is 5.69 Å². The molecule has 2 rings (SSSR count). The minimum absolute atomic E-state index is 0.457. The molecule has 1 amide bonds. The molecule has 1 aromatic heterocycles. The van der Waals surface area contributed by atoms with E-state index in [1.54, 1.807) is 35.9 Å². The van der Waals surface area contributed by atoms with Crippen molar-refractivity contribution in [3.8, 4) is 5.69 Å². The normalized spacial score (nSPS) is 15.5. The molecule has 0 radical (unpaired) electrons. The zero-order valence-corrected chi connectivity index (χ0v) is 14.0. The van der Waals surface area contributed by atoms with E-state index in [0.717, 1.165) is 11.3 Å². The van der Waals surface area contributed by atoms with Crippen LogP contribution < -0.4 is 0 Å². The first kappa shape index (κ1) is 18.9. The van der Waals surface area contributed by atoms with E-state index in [9.17, 15) is 23.1 Å². The topological polar surface area (TPSA) is 71.2 Å². The number of rotatable bonds is 5. The molecule has 2 atom stereocenters. The summed E-state index contributed by atoms with van der Waals surface area (Å²) in [5, 5.41) is 13.5. The molecule has 0 aliphatic rings. The molecule has 0 fully saturated rings. The number of nitrogens with zero attached hydrogens (tertiary/aromatic N) is 4. The van der Waals surface area contributed by atoms with Gasteiger partial charge in [0.15, 0.2) is 5.60 Å². The van der Waals surface area contributed by atoms with Crippen molar-refractivity contribution in [1.82, 2.24) is 19.7 Å². The second-order valence-corrected chi connectivity index (χ2v) is 6.06. The van der Waals surface area contributed by atoms with Crippen molar-refractivity contribution in [2.45, 2.75) is 38.1 Å². The van der Waals surface area contributed by atoms with Crippen molar-refractivity contribution in [2.24, 2.45) is 0 Å². The number of benzene rings is 1. The molecule has 1 N–H and O–H groups in total. The predicted octanol–water partition coefficient (Wildman–Crippen LogP) is 2.49. The smallest absolute Gasteiger partial charge is 0.380 e. The lowest BCUT2D eigenvalue weighted by Gasteiger charge is -2.31. The van der Waals surface area contributed by atoms with Gasteiger partial charge in [0.2, 0.25) is 5.91 Å². The summed E-state index contributed by atoms with van der Waals surface area (Å²) in [4.78, 5) is 17.1. The summed E-state index contributed by atoms with van der Waals surface area (Å²) in [6.07, 6.45) is -2.97. The number of amides is 1. The third-order valence-corrected chi connectivity index (χ3v) is 4.14. The Bertz CT molecular complexity index is 712. The number of carbonyl (C=O) groups excluding carboxylic acids is 1. The number of alkyl halides is 3. The van der Waals surface area contributed by atoms with Crippen LogP contribution in [0.1, 0.15) is 31.9 Å². The van der Waals surface area contributed by atoms with Gasteiger partial charge < -0.3 is 10.0 Å². The fourth-order valence-electron chi connectivity index (χ4n) is 2.21. The molecular weight excluding hydrogens is 337 g/mol. The predicted molar refractivity (Wildman–Crippen MR) is 83.8 cm³/mol. The highest BCUT2D eigenvalue weighted by molar-refractivity contribution is 5.77. The Kier molecular flexibility index (Phi) is 5.17. The highest BCUT2D eigenvalue weighted by Gasteiger charge is 2.51. The average molecular weight is 356 g/mol. The zero-order chi connectivity index (χ0) is 18.8. The first-order valence-electron chi connectivity index (χ1n) is 7.52. The number of hydrogen-bond acceptors (Lipinski definition) is 4. The van der Waals surface area contributed by atoms with E-state index < -0.39 is 30.1 Å². The van der Waals surface area contributed by atoms with Crippen LogP contribution in [0.2, 0.25) is 0 Å². The van der Waals surface area contributed by atoms with Crippen molar-refractivity contribution in [3.05, 3.63) is 42.5 Å². The average Bonchev–Trinajstić information content (AvgIpc) is 3.06. The zero-order valence-electron chi connectivity index (χ0n) is 14.0. The van der Waals surface area contributed by atoms with E-state index in [4.69, 9.17) is 0 Å². The lowest BCUT2D eigenvalue weighted by molar-refractivity contribution is -0.254. The van der Waals surface area contributed by atoms with Crippen LogP contribution in [0.15, 0.2) is 36.9 Å². The number of halogens is 3. The lowest BCUT2D eigenvalue weighted by Crippen LogP contribution is -2.46. The quantitative estimate of drug-likeness (QED) is 0.894. The largest absolute Gasteiger partial charge is 0.417 e. The summed E-state index contributed by atoms with van der Waals surface area (Å²) in [5.74, 6) is -0.796. The minimum atomic E-state index is -4.87. The molecule has 0 bridgehead atoms. The summed E-state index contributed by atoms with van der Waals surface area (Å²) < 4.78 is 39.7. The number of carbonyl (C=O) groups is 1. The highest BCUT2D eigenvalue weighted by Crippen LogP contribution is 2.33. The minimum Gasteiger partial charge on any atom is -0.380 e. The first-order valence-corrected chi connectivity index (χ1v) is 7.52. The van der Waals surface area contributed by atoms with Gasteiger partial charge in [0.25, 0.3) is 0 Å². The van der Waals surface area contributed by atoms with Crippen molar-refractivity contribution < 1.29 is 23.1 Å². The van der Waals surface area contributed by atoms with Crippen LogP contribution in [-0.4, -0.2) is 49.5 Å². The molecule has 0 spiro atoms. The summed E-state index contributed by atoms with van der Waals surface area (Å²) in [5.41, 5.74) is -1.55. The molecule has 25 heavy (non-hydrogen) atoms. The standard InChI is InChI=1S/C16H19F3N4O2/c1-11(22(3)14(24)8-15(2,25)16(17,18)19)12-4-6-13(7-5-12)23-10-20-9-21-23/h4-7,9-11,25H,8H2,1-3H3/t11-,15-/m0/s1. The van der Waals surface area contributed by atoms with Gasteiger partial charge in [-0.15, -0.1) is 0 Å².